The predicted molar refractivity (Wildman–Crippen MR) is 65.4 cm³/mol. The first kappa shape index (κ1) is 13.2. The lowest BCUT2D eigenvalue weighted by Crippen LogP contribution is -2.21. The van der Waals surface area contributed by atoms with Crippen LogP contribution < -0.4 is 10.5 Å². The molecular weight excluding hydrogens is 238 g/mol. The summed E-state index contributed by atoms with van der Waals surface area (Å²) in [4.78, 5) is 1.95. The summed E-state index contributed by atoms with van der Waals surface area (Å²) < 4.78 is 32.8. The fourth-order valence-corrected chi connectivity index (χ4v) is 2.61. The number of hydrogen-bond acceptors (Lipinski definition) is 3. The smallest absolute Gasteiger partial charge is 0.134 e. The first-order valence-electron chi connectivity index (χ1n) is 6.00. The molecule has 3 nitrogen and oxygen atoms in total. The van der Waals surface area contributed by atoms with E-state index in [9.17, 15) is 8.78 Å². The molecule has 1 aromatic rings. The van der Waals surface area contributed by atoms with Crippen molar-refractivity contribution in [1.29, 1.82) is 0 Å². The summed E-state index contributed by atoms with van der Waals surface area (Å²) in [5.41, 5.74) is 5.74. The second-order valence-corrected chi connectivity index (χ2v) is 4.80. The summed E-state index contributed by atoms with van der Waals surface area (Å²) in [6.45, 7) is 1.31. The van der Waals surface area contributed by atoms with Gasteiger partial charge in [-0.05, 0) is 25.9 Å². The molecule has 2 rings (SSSR count). The Bertz CT molecular complexity index is 416. The molecule has 0 bridgehead atoms. The van der Waals surface area contributed by atoms with Gasteiger partial charge in [0.05, 0.1) is 7.11 Å². The Balaban J connectivity index is 2.34. The van der Waals surface area contributed by atoms with E-state index in [1.165, 1.54) is 19.2 Å². The first-order valence-corrected chi connectivity index (χ1v) is 6.00. The molecule has 100 valence electrons. The van der Waals surface area contributed by atoms with Gasteiger partial charge in [0, 0.05) is 30.3 Å². The fourth-order valence-electron chi connectivity index (χ4n) is 2.61. The number of benzene rings is 1. The minimum atomic E-state index is -0.554. The third kappa shape index (κ3) is 2.33. The molecule has 0 aliphatic carbocycles. The molecule has 0 saturated carbocycles. The number of ether oxygens (including phenoxy) is 1. The normalized spacial score (nSPS) is 24.5. The van der Waals surface area contributed by atoms with Gasteiger partial charge in [0.15, 0.2) is 0 Å². The fraction of sp³-hybridized carbons (Fsp3) is 0.538. The highest BCUT2D eigenvalue weighted by Crippen LogP contribution is 2.37. The average Bonchev–Trinajstić information content (AvgIpc) is 2.70. The highest BCUT2D eigenvalue weighted by atomic mass is 19.1. The molecule has 2 unspecified atom stereocenters. The van der Waals surface area contributed by atoms with Crippen LogP contribution in [0.1, 0.15) is 18.0 Å². The summed E-state index contributed by atoms with van der Waals surface area (Å²) >= 11 is 0. The van der Waals surface area contributed by atoms with Crippen LogP contribution in [0.2, 0.25) is 0 Å². The molecule has 1 heterocycles. The Morgan fingerprint density at radius 1 is 1.39 bits per heavy atom. The van der Waals surface area contributed by atoms with Crippen molar-refractivity contribution in [3.63, 3.8) is 0 Å². The van der Waals surface area contributed by atoms with Gasteiger partial charge < -0.3 is 10.5 Å². The zero-order valence-corrected chi connectivity index (χ0v) is 10.6. The molecule has 0 radical (unpaired) electrons. The minimum Gasteiger partial charge on any atom is -0.497 e. The van der Waals surface area contributed by atoms with Crippen molar-refractivity contribution in [3.05, 3.63) is 29.3 Å². The number of rotatable bonds is 3. The Labute approximate surface area is 106 Å². The van der Waals surface area contributed by atoms with Crippen molar-refractivity contribution >= 4 is 0 Å². The maximum absolute atomic E-state index is 14.0. The number of methoxy groups -OCH3 is 1. The van der Waals surface area contributed by atoms with Crippen LogP contribution in [0.25, 0.3) is 0 Å². The van der Waals surface area contributed by atoms with Crippen LogP contribution in [0, 0.1) is 17.6 Å². The van der Waals surface area contributed by atoms with Crippen molar-refractivity contribution in [2.45, 2.75) is 12.5 Å². The van der Waals surface area contributed by atoms with Gasteiger partial charge in [0.1, 0.15) is 17.4 Å². The summed E-state index contributed by atoms with van der Waals surface area (Å²) in [5, 5.41) is 0. The van der Waals surface area contributed by atoms with Crippen molar-refractivity contribution in [2.75, 3.05) is 27.2 Å². The molecule has 18 heavy (non-hydrogen) atoms. The van der Waals surface area contributed by atoms with Crippen molar-refractivity contribution < 1.29 is 13.5 Å². The molecule has 1 fully saturated rings. The average molecular weight is 256 g/mol. The first-order chi connectivity index (χ1) is 8.56. The molecule has 0 spiro atoms. The highest BCUT2D eigenvalue weighted by Gasteiger charge is 2.33. The Kier molecular flexibility index (Phi) is 3.82. The van der Waals surface area contributed by atoms with Crippen molar-refractivity contribution in [2.24, 2.45) is 11.7 Å². The molecule has 1 aromatic carbocycles. The zero-order valence-electron chi connectivity index (χ0n) is 10.6. The molecular formula is C13H18F2N2O. The van der Waals surface area contributed by atoms with E-state index in [1.807, 2.05) is 11.9 Å². The molecule has 2 atom stereocenters. The Morgan fingerprint density at radius 3 is 2.44 bits per heavy atom. The largest absolute Gasteiger partial charge is 0.497 e. The standard InChI is InChI=1S/C13H18F2N2O/c1-17-7-8(6-16)3-12(17)13-10(14)4-9(18-2)5-11(13)15/h4-5,8,12H,3,6-7,16H2,1-2H3. The number of hydrogen-bond donors (Lipinski definition) is 1. The van der Waals surface area contributed by atoms with Crippen LogP contribution in [0.3, 0.4) is 0 Å². The number of nitrogens with zero attached hydrogens (tertiary/aromatic N) is 1. The molecule has 0 amide bonds. The van der Waals surface area contributed by atoms with Gasteiger partial charge in [-0.2, -0.15) is 0 Å². The lowest BCUT2D eigenvalue weighted by molar-refractivity contribution is 0.297. The van der Waals surface area contributed by atoms with E-state index in [-0.39, 0.29) is 17.4 Å². The van der Waals surface area contributed by atoms with E-state index in [2.05, 4.69) is 0 Å². The number of halogens is 2. The molecule has 5 heteroatoms. The van der Waals surface area contributed by atoms with Crippen LogP contribution in [0.15, 0.2) is 12.1 Å². The molecule has 2 N–H and O–H groups in total. The molecule has 1 saturated heterocycles. The summed E-state index contributed by atoms with van der Waals surface area (Å²) in [6.07, 6.45) is 0.688. The van der Waals surface area contributed by atoms with E-state index >= 15 is 0 Å². The van der Waals surface area contributed by atoms with Gasteiger partial charge in [-0.15, -0.1) is 0 Å². The molecule has 1 aliphatic rings. The number of nitrogens with two attached hydrogens (primary N) is 1. The topological polar surface area (TPSA) is 38.5 Å². The van der Waals surface area contributed by atoms with Crippen LogP contribution in [-0.2, 0) is 0 Å². The van der Waals surface area contributed by atoms with Crippen LogP contribution in [-0.4, -0.2) is 32.1 Å². The number of likely N-dealkylation sites (tertiary alicyclic amines) is 1. The second-order valence-electron chi connectivity index (χ2n) is 4.80. The Hall–Kier alpha value is -1.20. The summed E-state index contributed by atoms with van der Waals surface area (Å²) in [6, 6.07) is 2.20. The Morgan fingerprint density at radius 2 is 2.00 bits per heavy atom. The van der Waals surface area contributed by atoms with E-state index < -0.39 is 11.6 Å². The van der Waals surface area contributed by atoms with E-state index in [4.69, 9.17) is 10.5 Å². The van der Waals surface area contributed by atoms with E-state index in [1.54, 1.807) is 0 Å². The second kappa shape index (κ2) is 5.20. The minimum absolute atomic E-state index is 0.120. The predicted octanol–water partition coefficient (Wildman–Crippen LogP) is 1.92. The molecule has 1 aliphatic heterocycles. The summed E-state index contributed by atoms with van der Waals surface area (Å²) in [5.74, 6) is -0.617. The molecule has 0 aromatic heterocycles. The van der Waals surface area contributed by atoms with E-state index in [0.29, 0.717) is 18.9 Å². The van der Waals surface area contributed by atoms with Crippen LogP contribution >= 0.6 is 0 Å². The van der Waals surface area contributed by atoms with Crippen LogP contribution in [0.5, 0.6) is 5.75 Å². The summed E-state index contributed by atoms with van der Waals surface area (Å²) in [7, 11) is 3.25. The SMILES string of the molecule is COc1cc(F)c(C2CC(CN)CN2C)c(F)c1. The third-order valence-corrected chi connectivity index (χ3v) is 3.59. The van der Waals surface area contributed by atoms with Gasteiger partial charge in [0.2, 0.25) is 0 Å². The van der Waals surface area contributed by atoms with E-state index in [0.717, 1.165) is 6.54 Å². The quantitative estimate of drug-likeness (QED) is 0.898. The lowest BCUT2D eigenvalue weighted by Gasteiger charge is -2.21. The van der Waals surface area contributed by atoms with Gasteiger partial charge in [-0.1, -0.05) is 0 Å². The third-order valence-electron chi connectivity index (χ3n) is 3.59. The van der Waals surface area contributed by atoms with Gasteiger partial charge in [-0.25, -0.2) is 8.78 Å². The lowest BCUT2D eigenvalue weighted by atomic mass is 9.99. The maximum atomic E-state index is 14.0. The van der Waals surface area contributed by atoms with Crippen molar-refractivity contribution in [3.8, 4) is 5.75 Å². The highest BCUT2D eigenvalue weighted by molar-refractivity contribution is 5.33. The van der Waals surface area contributed by atoms with Gasteiger partial charge in [-0.3, -0.25) is 4.90 Å². The van der Waals surface area contributed by atoms with Crippen molar-refractivity contribution in [1.82, 2.24) is 4.90 Å². The van der Waals surface area contributed by atoms with Gasteiger partial charge >= 0.3 is 0 Å². The monoisotopic (exact) mass is 256 g/mol. The van der Waals surface area contributed by atoms with Gasteiger partial charge in [0.25, 0.3) is 0 Å². The maximum Gasteiger partial charge on any atom is 0.134 e. The zero-order chi connectivity index (χ0) is 13.3. The van der Waals surface area contributed by atoms with Crippen LogP contribution in [0.4, 0.5) is 8.78 Å².